The number of amides is 1. The van der Waals surface area contributed by atoms with Gasteiger partial charge in [-0.2, -0.15) is 0 Å². The van der Waals surface area contributed by atoms with Gasteiger partial charge in [0.2, 0.25) is 0 Å². The summed E-state index contributed by atoms with van der Waals surface area (Å²) in [7, 11) is 1.29. The molecule has 5 heteroatoms. The van der Waals surface area contributed by atoms with Gasteiger partial charge in [-0.1, -0.05) is 17.7 Å². The molecule has 0 fully saturated rings. The first-order chi connectivity index (χ1) is 9.60. The molecule has 0 aliphatic carbocycles. The zero-order valence-corrected chi connectivity index (χ0v) is 11.2. The van der Waals surface area contributed by atoms with Crippen LogP contribution in [-0.2, 0) is 4.74 Å². The van der Waals surface area contributed by atoms with E-state index in [1.165, 1.54) is 25.4 Å². The SMILES string of the molecule is COC(=O)c1ccc(C(=O)Nc2ccc(C)cc2)nc1. The van der Waals surface area contributed by atoms with Crippen molar-refractivity contribution in [1.29, 1.82) is 0 Å². The van der Waals surface area contributed by atoms with Crippen LogP contribution in [0.5, 0.6) is 0 Å². The standard InChI is InChI=1S/C15H14N2O3/c1-10-3-6-12(7-4-10)17-14(18)13-8-5-11(9-16-13)15(19)20-2/h3-9H,1-2H3,(H,17,18). The van der Waals surface area contributed by atoms with Crippen molar-refractivity contribution in [2.75, 3.05) is 12.4 Å². The van der Waals surface area contributed by atoms with Crippen molar-refractivity contribution in [3.8, 4) is 0 Å². The van der Waals surface area contributed by atoms with Crippen LogP contribution in [0.1, 0.15) is 26.4 Å². The average Bonchev–Trinajstić information content (AvgIpc) is 2.49. The van der Waals surface area contributed by atoms with E-state index in [4.69, 9.17) is 0 Å². The zero-order chi connectivity index (χ0) is 14.5. The number of esters is 1. The molecule has 1 aromatic heterocycles. The van der Waals surface area contributed by atoms with Gasteiger partial charge in [0.25, 0.3) is 5.91 Å². The molecule has 1 N–H and O–H groups in total. The Morgan fingerprint density at radius 2 is 1.80 bits per heavy atom. The molecule has 0 bridgehead atoms. The molecular formula is C15H14N2O3. The van der Waals surface area contributed by atoms with E-state index in [-0.39, 0.29) is 11.6 Å². The first-order valence-electron chi connectivity index (χ1n) is 6.02. The molecule has 0 atom stereocenters. The molecule has 1 amide bonds. The fraction of sp³-hybridized carbons (Fsp3) is 0.133. The summed E-state index contributed by atoms with van der Waals surface area (Å²) >= 11 is 0. The van der Waals surface area contributed by atoms with Gasteiger partial charge >= 0.3 is 5.97 Å². The fourth-order valence-electron chi connectivity index (χ4n) is 1.60. The number of nitrogens with one attached hydrogen (secondary N) is 1. The van der Waals surface area contributed by atoms with Crippen molar-refractivity contribution >= 4 is 17.6 Å². The molecule has 1 aromatic carbocycles. The molecule has 0 aliphatic heterocycles. The summed E-state index contributed by atoms with van der Waals surface area (Å²) < 4.78 is 4.56. The summed E-state index contributed by atoms with van der Waals surface area (Å²) in [6.45, 7) is 1.97. The second-order valence-electron chi connectivity index (χ2n) is 4.24. The topological polar surface area (TPSA) is 68.3 Å². The number of nitrogens with zero attached hydrogens (tertiary/aromatic N) is 1. The second kappa shape index (κ2) is 5.97. The van der Waals surface area contributed by atoms with Crippen molar-refractivity contribution < 1.29 is 14.3 Å². The number of benzene rings is 1. The molecule has 0 aliphatic rings. The number of hydrogen-bond acceptors (Lipinski definition) is 4. The van der Waals surface area contributed by atoms with E-state index in [0.29, 0.717) is 11.3 Å². The van der Waals surface area contributed by atoms with Crippen molar-refractivity contribution in [3.63, 3.8) is 0 Å². The Morgan fingerprint density at radius 3 is 2.35 bits per heavy atom. The predicted octanol–water partition coefficient (Wildman–Crippen LogP) is 2.43. The number of hydrogen-bond donors (Lipinski definition) is 1. The monoisotopic (exact) mass is 270 g/mol. The third-order valence-electron chi connectivity index (χ3n) is 2.73. The largest absolute Gasteiger partial charge is 0.465 e. The van der Waals surface area contributed by atoms with Crippen LogP contribution in [0.25, 0.3) is 0 Å². The number of aryl methyl sites for hydroxylation is 1. The van der Waals surface area contributed by atoms with E-state index in [1.54, 1.807) is 0 Å². The van der Waals surface area contributed by atoms with Gasteiger partial charge < -0.3 is 10.1 Å². The van der Waals surface area contributed by atoms with Crippen molar-refractivity contribution in [3.05, 3.63) is 59.4 Å². The summed E-state index contributed by atoms with van der Waals surface area (Å²) in [5.74, 6) is -0.812. The first kappa shape index (κ1) is 13.7. The number of pyridine rings is 1. The Labute approximate surface area is 116 Å². The molecule has 0 radical (unpaired) electrons. The van der Waals surface area contributed by atoms with Gasteiger partial charge in [0, 0.05) is 11.9 Å². The lowest BCUT2D eigenvalue weighted by Crippen LogP contribution is -2.14. The Balaban J connectivity index is 2.09. The van der Waals surface area contributed by atoms with Crippen LogP contribution in [0, 0.1) is 6.92 Å². The van der Waals surface area contributed by atoms with Crippen LogP contribution in [0.4, 0.5) is 5.69 Å². The predicted molar refractivity (Wildman–Crippen MR) is 74.7 cm³/mol. The van der Waals surface area contributed by atoms with Crippen LogP contribution in [0.15, 0.2) is 42.6 Å². The van der Waals surface area contributed by atoms with Gasteiger partial charge in [-0.3, -0.25) is 9.78 Å². The van der Waals surface area contributed by atoms with E-state index >= 15 is 0 Å². The van der Waals surface area contributed by atoms with Gasteiger partial charge in [-0.25, -0.2) is 4.79 Å². The minimum absolute atomic E-state index is 0.234. The van der Waals surface area contributed by atoms with Crippen LogP contribution >= 0.6 is 0 Å². The van der Waals surface area contributed by atoms with Crippen molar-refractivity contribution in [1.82, 2.24) is 4.98 Å². The van der Waals surface area contributed by atoms with E-state index in [0.717, 1.165) is 5.56 Å². The highest BCUT2D eigenvalue weighted by atomic mass is 16.5. The lowest BCUT2D eigenvalue weighted by Gasteiger charge is -2.05. The first-order valence-corrected chi connectivity index (χ1v) is 6.02. The fourth-order valence-corrected chi connectivity index (χ4v) is 1.60. The minimum Gasteiger partial charge on any atom is -0.465 e. The maximum Gasteiger partial charge on any atom is 0.339 e. The maximum atomic E-state index is 12.0. The lowest BCUT2D eigenvalue weighted by molar-refractivity contribution is 0.0600. The number of aromatic nitrogens is 1. The van der Waals surface area contributed by atoms with Gasteiger partial charge in [0.05, 0.1) is 12.7 Å². The highest BCUT2D eigenvalue weighted by Crippen LogP contribution is 2.10. The van der Waals surface area contributed by atoms with Crippen LogP contribution < -0.4 is 5.32 Å². The highest BCUT2D eigenvalue weighted by Gasteiger charge is 2.10. The molecule has 20 heavy (non-hydrogen) atoms. The summed E-state index contributed by atoms with van der Waals surface area (Å²) in [5.41, 5.74) is 2.35. The normalized spacial score (nSPS) is 9.90. The molecule has 5 nitrogen and oxygen atoms in total. The molecule has 2 aromatic rings. The molecular weight excluding hydrogens is 256 g/mol. The molecule has 2 rings (SSSR count). The third-order valence-corrected chi connectivity index (χ3v) is 2.73. The van der Waals surface area contributed by atoms with E-state index in [2.05, 4.69) is 15.0 Å². The van der Waals surface area contributed by atoms with Gasteiger partial charge in [-0.05, 0) is 31.2 Å². The number of methoxy groups -OCH3 is 1. The number of carbonyl (C=O) groups excluding carboxylic acids is 2. The Hall–Kier alpha value is -2.69. The average molecular weight is 270 g/mol. The number of rotatable bonds is 3. The van der Waals surface area contributed by atoms with Gasteiger partial charge in [0.15, 0.2) is 0 Å². The number of ether oxygens (including phenoxy) is 1. The van der Waals surface area contributed by atoms with Gasteiger partial charge in [0.1, 0.15) is 5.69 Å². The minimum atomic E-state index is -0.483. The van der Waals surface area contributed by atoms with Crippen molar-refractivity contribution in [2.24, 2.45) is 0 Å². The zero-order valence-electron chi connectivity index (χ0n) is 11.2. The van der Waals surface area contributed by atoms with Gasteiger partial charge in [-0.15, -0.1) is 0 Å². The van der Waals surface area contributed by atoms with E-state index < -0.39 is 5.97 Å². The van der Waals surface area contributed by atoms with Crippen LogP contribution in [-0.4, -0.2) is 24.0 Å². The second-order valence-corrected chi connectivity index (χ2v) is 4.24. The van der Waals surface area contributed by atoms with Crippen LogP contribution in [0.2, 0.25) is 0 Å². The van der Waals surface area contributed by atoms with E-state index in [1.807, 2.05) is 31.2 Å². The number of carbonyl (C=O) groups is 2. The summed E-state index contributed by atoms with van der Waals surface area (Å²) in [6, 6.07) is 10.4. The lowest BCUT2D eigenvalue weighted by atomic mass is 10.2. The Kier molecular flexibility index (Phi) is 4.10. The van der Waals surface area contributed by atoms with Crippen molar-refractivity contribution in [2.45, 2.75) is 6.92 Å². The number of anilines is 1. The molecule has 1 heterocycles. The molecule has 102 valence electrons. The quantitative estimate of drug-likeness (QED) is 0.870. The summed E-state index contributed by atoms with van der Waals surface area (Å²) in [6.07, 6.45) is 1.32. The molecule has 0 spiro atoms. The highest BCUT2D eigenvalue weighted by molar-refractivity contribution is 6.03. The molecule has 0 unspecified atom stereocenters. The van der Waals surface area contributed by atoms with Crippen LogP contribution in [0.3, 0.4) is 0 Å². The molecule has 0 saturated carbocycles. The Bertz CT molecular complexity index is 619. The summed E-state index contributed by atoms with van der Waals surface area (Å²) in [4.78, 5) is 27.2. The molecule has 0 saturated heterocycles. The van der Waals surface area contributed by atoms with E-state index in [9.17, 15) is 9.59 Å². The maximum absolute atomic E-state index is 12.0. The third kappa shape index (κ3) is 3.20. The smallest absolute Gasteiger partial charge is 0.339 e. The Morgan fingerprint density at radius 1 is 1.10 bits per heavy atom. The summed E-state index contributed by atoms with van der Waals surface area (Å²) in [5, 5.41) is 2.73.